The molecule has 0 saturated carbocycles. The average Bonchev–Trinajstić information content (AvgIpc) is 2.79. The van der Waals surface area contributed by atoms with Crippen LogP contribution in [0.2, 0.25) is 0 Å². The SMILES string of the molecule is Nc1cc(N2CCC3(CCOC3)CC2)ncn1. The van der Waals surface area contributed by atoms with Crippen LogP contribution in [0.15, 0.2) is 12.4 Å². The zero-order chi connectivity index (χ0) is 11.7. The van der Waals surface area contributed by atoms with Crippen LogP contribution in [0.4, 0.5) is 11.6 Å². The molecule has 3 rings (SSSR count). The van der Waals surface area contributed by atoms with E-state index in [2.05, 4.69) is 14.9 Å². The zero-order valence-electron chi connectivity index (χ0n) is 9.93. The third-order valence-corrected chi connectivity index (χ3v) is 4.01. The molecule has 1 aromatic heterocycles. The van der Waals surface area contributed by atoms with Gasteiger partial charge in [0.15, 0.2) is 0 Å². The van der Waals surface area contributed by atoms with Crippen molar-refractivity contribution in [3.63, 3.8) is 0 Å². The fourth-order valence-corrected chi connectivity index (χ4v) is 2.79. The predicted octanol–water partition coefficient (Wildman–Crippen LogP) is 1.07. The molecular formula is C12H18N4O. The smallest absolute Gasteiger partial charge is 0.134 e. The zero-order valence-corrected chi connectivity index (χ0v) is 9.93. The molecule has 0 bridgehead atoms. The van der Waals surface area contributed by atoms with Crippen molar-refractivity contribution in [1.82, 2.24) is 9.97 Å². The fourth-order valence-electron chi connectivity index (χ4n) is 2.79. The molecule has 0 amide bonds. The summed E-state index contributed by atoms with van der Waals surface area (Å²) in [4.78, 5) is 10.5. The topological polar surface area (TPSA) is 64.3 Å². The molecule has 2 aliphatic heterocycles. The van der Waals surface area contributed by atoms with Gasteiger partial charge in [0.1, 0.15) is 18.0 Å². The first-order valence-electron chi connectivity index (χ1n) is 6.18. The van der Waals surface area contributed by atoms with Gasteiger partial charge < -0.3 is 15.4 Å². The summed E-state index contributed by atoms with van der Waals surface area (Å²) >= 11 is 0. The number of hydrogen-bond donors (Lipinski definition) is 1. The van der Waals surface area contributed by atoms with Crippen molar-refractivity contribution < 1.29 is 4.74 Å². The number of hydrogen-bond acceptors (Lipinski definition) is 5. The van der Waals surface area contributed by atoms with Crippen molar-refractivity contribution in [2.24, 2.45) is 5.41 Å². The molecule has 5 nitrogen and oxygen atoms in total. The lowest BCUT2D eigenvalue weighted by Crippen LogP contribution is -2.40. The summed E-state index contributed by atoms with van der Waals surface area (Å²) in [5, 5.41) is 0. The van der Waals surface area contributed by atoms with Crippen molar-refractivity contribution in [3.8, 4) is 0 Å². The quantitative estimate of drug-likeness (QED) is 0.787. The molecule has 0 unspecified atom stereocenters. The lowest BCUT2D eigenvalue weighted by Gasteiger charge is -2.38. The third kappa shape index (κ3) is 2.07. The van der Waals surface area contributed by atoms with Gasteiger partial charge in [0.25, 0.3) is 0 Å². The second kappa shape index (κ2) is 4.14. The highest BCUT2D eigenvalue weighted by Gasteiger charge is 2.38. The van der Waals surface area contributed by atoms with Crippen molar-refractivity contribution in [2.45, 2.75) is 19.3 Å². The summed E-state index contributed by atoms with van der Waals surface area (Å²) in [6.45, 7) is 3.95. The number of nitrogen functional groups attached to an aromatic ring is 1. The number of nitrogens with zero attached hydrogens (tertiary/aromatic N) is 3. The molecule has 0 atom stereocenters. The molecule has 2 saturated heterocycles. The van der Waals surface area contributed by atoms with E-state index >= 15 is 0 Å². The number of piperidine rings is 1. The molecule has 1 spiro atoms. The number of rotatable bonds is 1. The Hall–Kier alpha value is -1.36. The van der Waals surface area contributed by atoms with E-state index in [9.17, 15) is 0 Å². The highest BCUT2D eigenvalue weighted by Crippen LogP contribution is 2.39. The number of nitrogens with two attached hydrogens (primary N) is 1. The molecule has 92 valence electrons. The van der Waals surface area contributed by atoms with E-state index in [1.807, 2.05) is 6.07 Å². The molecule has 3 heterocycles. The minimum atomic E-state index is 0.440. The molecular weight excluding hydrogens is 216 g/mol. The summed E-state index contributed by atoms with van der Waals surface area (Å²) in [6.07, 6.45) is 5.13. The minimum Gasteiger partial charge on any atom is -0.384 e. The second-order valence-electron chi connectivity index (χ2n) is 5.09. The summed E-state index contributed by atoms with van der Waals surface area (Å²) < 4.78 is 5.53. The van der Waals surface area contributed by atoms with Crippen LogP contribution in [0.25, 0.3) is 0 Å². The molecule has 1 aromatic rings. The van der Waals surface area contributed by atoms with Crippen LogP contribution in [-0.2, 0) is 4.74 Å². The normalized spacial score (nSPS) is 23.2. The average molecular weight is 234 g/mol. The number of anilines is 2. The lowest BCUT2D eigenvalue weighted by molar-refractivity contribution is 0.133. The van der Waals surface area contributed by atoms with Crippen molar-refractivity contribution in [3.05, 3.63) is 12.4 Å². The maximum Gasteiger partial charge on any atom is 0.134 e. The monoisotopic (exact) mass is 234 g/mol. The lowest BCUT2D eigenvalue weighted by atomic mass is 9.78. The highest BCUT2D eigenvalue weighted by atomic mass is 16.5. The summed E-state index contributed by atoms with van der Waals surface area (Å²) in [7, 11) is 0. The van der Waals surface area contributed by atoms with Crippen LogP contribution in [0.5, 0.6) is 0 Å². The molecule has 2 N–H and O–H groups in total. The Balaban J connectivity index is 1.68. The van der Waals surface area contributed by atoms with Gasteiger partial charge in [-0.3, -0.25) is 0 Å². The maximum atomic E-state index is 5.68. The van der Waals surface area contributed by atoms with Gasteiger partial charge in [0, 0.05) is 25.8 Å². The Morgan fingerprint density at radius 2 is 2.06 bits per heavy atom. The molecule has 0 aliphatic carbocycles. The van der Waals surface area contributed by atoms with Crippen molar-refractivity contribution in [2.75, 3.05) is 36.9 Å². The minimum absolute atomic E-state index is 0.440. The van der Waals surface area contributed by atoms with Gasteiger partial charge in [-0.25, -0.2) is 9.97 Å². The van der Waals surface area contributed by atoms with Crippen molar-refractivity contribution in [1.29, 1.82) is 0 Å². The standard InChI is InChI=1S/C12H18N4O/c13-10-7-11(15-9-14-10)16-4-1-12(2-5-16)3-6-17-8-12/h7,9H,1-6,8H2,(H2,13,14,15). The van der Waals surface area contributed by atoms with Crippen LogP contribution >= 0.6 is 0 Å². The van der Waals surface area contributed by atoms with E-state index in [1.54, 1.807) is 0 Å². The molecule has 17 heavy (non-hydrogen) atoms. The van der Waals surface area contributed by atoms with E-state index in [4.69, 9.17) is 10.5 Å². The van der Waals surface area contributed by atoms with Gasteiger partial charge in [0.05, 0.1) is 6.61 Å². The molecule has 5 heteroatoms. The molecule has 2 fully saturated rings. The van der Waals surface area contributed by atoms with Crippen LogP contribution in [0.3, 0.4) is 0 Å². The first kappa shape index (κ1) is 10.8. The number of ether oxygens (including phenoxy) is 1. The molecule has 0 aromatic carbocycles. The highest BCUT2D eigenvalue weighted by molar-refractivity contribution is 5.46. The summed E-state index contributed by atoms with van der Waals surface area (Å²) in [6, 6.07) is 1.85. The van der Waals surface area contributed by atoms with Crippen LogP contribution < -0.4 is 10.6 Å². The first-order valence-corrected chi connectivity index (χ1v) is 6.18. The maximum absolute atomic E-state index is 5.68. The van der Waals surface area contributed by atoms with Gasteiger partial charge in [-0.2, -0.15) is 0 Å². The van der Waals surface area contributed by atoms with Gasteiger partial charge >= 0.3 is 0 Å². The Bertz CT molecular complexity index is 393. The van der Waals surface area contributed by atoms with E-state index in [0.29, 0.717) is 11.2 Å². The summed E-state index contributed by atoms with van der Waals surface area (Å²) in [5.74, 6) is 1.49. The Kier molecular flexibility index (Phi) is 2.63. The first-order chi connectivity index (χ1) is 8.27. The van der Waals surface area contributed by atoms with Gasteiger partial charge in [-0.15, -0.1) is 0 Å². The number of aromatic nitrogens is 2. The Morgan fingerprint density at radius 1 is 1.24 bits per heavy atom. The fraction of sp³-hybridized carbons (Fsp3) is 0.667. The molecule has 0 radical (unpaired) electrons. The molecule has 2 aliphatic rings. The summed E-state index contributed by atoms with van der Waals surface area (Å²) in [5.41, 5.74) is 6.12. The van der Waals surface area contributed by atoms with E-state index in [-0.39, 0.29) is 0 Å². The van der Waals surface area contributed by atoms with Gasteiger partial charge in [-0.05, 0) is 24.7 Å². The van der Waals surface area contributed by atoms with E-state index in [0.717, 1.165) is 32.1 Å². The van der Waals surface area contributed by atoms with Crippen LogP contribution in [0.1, 0.15) is 19.3 Å². The predicted molar refractivity (Wildman–Crippen MR) is 65.8 cm³/mol. The van der Waals surface area contributed by atoms with E-state index < -0.39 is 0 Å². The third-order valence-electron chi connectivity index (χ3n) is 4.01. The Labute approximate surface area is 101 Å². The van der Waals surface area contributed by atoms with E-state index in [1.165, 1.54) is 25.6 Å². The van der Waals surface area contributed by atoms with Gasteiger partial charge in [0.2, 0.25) is 0 Å². The largest absolute Gasteiger partial charge is 0.384 e. The van der Waals surface area contributed by atoms with Crippen LogP contribution in [-0.4, -0.2) is 36.3 Å². The second-order valence-corrected chi connectivity index (χ2v) is 5.09. The Morgan fingerprint density at radius 3 is 2.71 bits per heavy atom. The van der Waals surface area contributed by atoms with Crippen molar-refractivity contribution >= 4 is 11.6 Å². The van der Waals surface area contributed by atoms with Crippen LogP contribution in [0, 0.1) is 5.41 Å². The van der Waals surface area contributed by atoms with Gasteiger partial charge in [-0.1, -0.05) is 0 Å².